The van der Waals surface area contributed by atoms with Gasteiger partial charge in [-0.15, -0.1) is 0 Å². The summed E-state index contributed by atoms with van der Waals surface area (Å²) >= 11 is 9.08. The molecule has 114 valence electrons. The Hall–Kier alpha value is -2.05. The number of carbonyl (C=O) groups excluding carboxylic acids is 2. The van der Waals surface area contributed by atoms with Crippen LogP contribution in [0, 0.1) is 0 Å². The van der Waals surface area contributed by atoms with E-state index >= 15 is 0 Å². The fourth-order valence-electron chi connectivity index (χ4n) is 1.63. The highest BCUT2D eigenvalue weighted by Gasteiger charge is 2.12. The van der Waals surface area contributed by atoms with E-state index in [0.717, 1.165) is 4.47 Å². The number of amides is 1. The zero-order chi connectivity index (χ0) is 16.1. The van der Waals surface area contributed by atoms with Gasteiger partial charge in [-0.2, -0.15) is 0 Å². The smallest absolute Gasteiger partial charge is 0.338 e. The third-order valence-corrected chi connectivity index (χ3v) is 3.75. The summed E-state index contributed by atoms with van der Waals surface area (Å²) in [7, 11) is 0. The van der Waals surface area contributed by atoms with Crippen LogP contribution in [0.3, 0.4) is 0 Å². The number of para-hydroxylation sites is 1. The number of benzene rings is 2. The molecule has 7 heteroatoms. The van der Waals surface area contributed by atoms with E-state index in [4.69, 9.17) is 22.1 Å². The van der Waals surface area contributed by atoms with Crippen molar-refractivity contribution in [3.63, 3.8) is 0 Å². The lowest BCUT2D eigenvalue weighted by atomic mass is 10.2. The first-order valence-corrected chi connectivity index (χ1v) is 7.41. The van der Waals surface area contributed by atoms with Crippen LogP contribution in [-0.4, -0.2) is 18.5 Å². The lowest BCUT2D eigenvalue weighted by Gasteiger charge is -2.08. The lowest BCUT2D eigenvalue weighted by molar-refractivity contribution is -0.119. The van der Waals surface area contributed by atoms with Crippen LogP contribution >= 0.6 is 27.5 Å². The summed E-state index contributed by atoms with van der Waals surface area (Å²) in [6.45, 7) is -0.400. The number of hydrogen-bond acceptors (Lipinski definition) is 4. The van der Waals surface area contributed by atoms with Crippen LogP contribution in [0.4, 0.5) is 11.4 Å². The standard InChI is InChI=1S/C15H12BrClN2O3/c16-10-3-1-2-4-13(10)19-14(20)8-22-15(21)9-5-6-11(17)12(18)7-9/h1-7H,8,18H2,(H,19,20). The molecule has 22 heavy (non-hydrogen) atoms. The normalized spacial score (nSPS) is 10.1. The van der Waals surface area contributed by atoms with Crippen LogP contribution in [0.25, 0.3) is 0 Å². The molecule has 0 bridgehead atoms. The molecule has 0 spiro atoms. The predicted octanol–water partition coefficient (Wildman–Crippen LogP) is 3.48. The second kappa shape index (κ2) is 7.29. The molecule has 0 atom stereocenters. The van der Waals surface area contributed by atoms with Gasteiger partial charge < -0.3 is 15.8 Å². The molecule has 0 saturated carbocycles. The van der Waals surface area contributed by atoms with Crippen molar-refractivity contribution in [3.8, 4) is 0 Å². The molecule has 2 aromatic rings. The largest absolute Gasteiger partial charge is 0.452 e. The fraction of sp³-hybridized carbons (Fsp3) is 0.0667. The van der Waals surface area contributed by atoms with E-state index < -0.39 is 18.5 Å². The van der Waals surface area contributed by atoms with E-state index in [1.807, 2.05) is 6.07 Å². The minimum Gasteiger partial charge on any atom is -0.452 e. The summed E-state index contributed by atoms with van der Waals surface area (Å²) < 4.78 is 5.67. The number of nitrogens with one attached hydrogen (secondary N) is 1. The van der Waals surface area contributed by atoms with E-state index in [1.54, 1.807) is 18.2 Å². The molecule has 0 aromatic heterocycles. The molecule has 1 amide bonds. The highest BCUT2D eigenvalue weighted by molar-refractivity contribution is 9.10. The van der Waals surface area contributed by atoms with Gasteiger partial charge in [-0.1, -0.05) is 23.7 Å². The Morgan fingerprint density at radius 1 is 1.23 bits per heavy atom. The third-order valence-electron chi connectivity index (χ3n) is 2.71. The number of anilines is 2. The maximum absolute atomic E-state index is 11.8. The summed E-state index contributed by atoms with van der Waals surface area (Å²) in [6.07, 6.45) is 0. The average molecular weight is 384 g/mol. The summed E-state index contributed by atoms with van der Waals surface area (Å²) in [5.74, 6) is -1.09. The van der Waals surface area contributed by atoms with Crippen molar-refractivity contribution in [2.24, 2.45) is 0 Å². The van der Waals surface area contributed by atoms with E-state index in [2.05, 4.69) is 21.2 Å². The van der Waals surface area contributed by atoms with Gasteiger partial charge in [-0.3, -0.25) is 4.79 Å². The molecule has 0 unspecified atom stereocenters. The van der Waals surface area contributed by atoms with Gasteiger partial charge in [-0.25, -0.2) is 4.79 Å². The summed E-state index contributed by atoms with van der Waals surface area (Å²) in [4.78, 5) is 23.6. The summed E-state index contributed by atoms with van der Waals surface area (Å²) in [5, 5.41) is 2.98. The van der Waals surface area contributed by atoms with Crippen molar-refractivity contribution in [1.82, 2.24) is 0 Å². The van der Waals surface area contributed by atoms with Gasteiger partial charge in [0.25, 0.3) is 5.91 Å². The number of nitrogens with two attached hydrogens (primary N) is 1. The molecule has 0 aliphatic heterocycles. The van der Waals surface area contributed by atoms with Crippen LogP contribution in [-0.2, 0) is 9.53 Å². The zero-order valence-corrected chi connectivity index (χ0v) is 13.6. The molecule has 0 aliphatic rings. The number of hydrogen-bond donors (Lipinski definition) is 2. The molecule has 0 aliphatic carbocycles. The van der Waals surface area contributed by atoms with Crippen molar-refractivity contribution >= 4 is 50.8 Å². The monoisotopic (exact) mass is 382 g/mol. The van der Waals surface area contributed by atoms with Crippen LogP contribution in [0.5, 0.6) is 0 Å². The van der Waals surface area contributed by atoms with Gasteiger partial charge in [0.15, 0.2) is 6.61 Å². The molecular weight excluding hydrogens is 372 g/mol. The lowest BCUT2D eigenvalue weighted by Crippen LogP contribution is -2.21. The second-order valence-corrected chi connectivity index (χ2v) is 5.60. The summed E-state index contributed by atoms with van der Waals surface area (Å²) in [6, 6.07) is 11.5. The summed E-state index contributed by atoms with van der Waals surface area (Å²) in [5.41, 5.74) is 6.71. The van der Waals surface area contributed by atoms with Gasteiger partial charge in [0, 0.05) is 4.47 Å². The Morgan fingerprint density at radius 3 is 2.64 bits per heavy atom. The van der Waals surface area contributed by atoms with Crippen molar-refractivity contribution in [1.29, 1.82) is 0 Å². The van der Waals surface area contributed by atoms with E-state index in [9.17, 15) is 9.59 Å². The molecule has 0 fully saturated rings. The number of rotatable bonds is 4. The zero-order valence-electron chi connectivity index (χ0n) is 11.3. The number of nitrogen functional groups attached to an aromatic ring is 1. The average Bonchev–Trinajstić information content (AvgIpc) is 2.50. The fourth-order valence-corrected chi connectivity index (χ4v) is 2.14. The second-order valence-electron chi connectivity index (χ2n) is 4.34. The van der Waals surface area contributed by atoms with Gasteiger partial charge in [0.05, 0.1) is 22.0 Å². The Balaban J connectivity index is 1.92. The van der Waals surface area contributed by atoms with Crippen molar-refractivity contribution in [2.75, 3.05) is 17.7 Å². The molecular formula is C15H12BrClN2O3. The molecule has 0 heterocycles. The van der Waals surface area contributed by atoms with Crippen LogP contribution in [0.15, 0.2) is 46.9 Å². The van der Waals surface area contributed by atoms with Gasteiger partial charge in [0.2, 0.25) is 0 Å². The molecule has 0 radical (unpaired) electrons. The first-order chi connectivity index (χ1) is 10.5. The number of halogens is 2. The first-order valence-electron chi connectivity index (χ1n) is 6.24. The number of carbonyl (C=O) groups is 2. The maximum Gasteiger partial charge on any atom is 0.338 e. The van der Waals surface area contributed by atoms with Crippen LogP contribution in [0.2, 0.25) is 5.02 Å². The predicted molar refractivity (Wildman–Crippen MR) is 88.9 cm³/mol. The van der Waals surface area contributed by atoms with Crippen LogP contribution < -0.4 is 11.1 Å². The topological polar surface area (TPSA) is 81.4 Å². The first kappa shape index (κ1) is 16.3. The van der Waals surface area contributed by atoms with Crippen molar-refractivity contribution in [3.05, 3.63) is 57.5 Å². The number of esters is 1. The molecule has 5 nitrogen and oxygen atoms in total. The third kappa shape index (κ3) is 4.22. The van der Waals surface area contributed by atoms with Crippen LogP contribution in [0.1, 0.15) is 10.4 Å². The SMILES string of the molecule is Nc1cc(C(=O)OCC(=O)Nc2ccccc2Br)ccc1Cl. The van der Waals surface area contributed by atoms with Crippen molar-refractivity contribution in [2.45, 2.75) is 0 Å². The molecule has 2 aromatic carbocycles. The maximum atomic E-state index is 11.8. The molecule has 2 rings (SSSR count). The van der Waals surface area contributed by atoms with Gasteiger partial charge in [-0.05, 0) is 46.3 Å². The highest BCUT2D eigenvalue weighted by Crippen LogP contribution is 2.21. The van der Waals surface area contributed by atoms with E-state index in [1.165, 1.54) is 18.2 Å². The number of ether oxygens (including phenoxy) is 1. The minimum atomic E-state index is -0.648. The van der Waals surface area contributed by atoms with Gasteiger partial charge >= 0.3 is 5.97 Å². The Kier molecular flexibility index (Phi) is 5.41. The molecule has 0 saturated heterocycles. The van der Waals surface area contributed by atoms with E-state index in [-0.39, 0.29) is 11.3 Å². The Morgan fingerprint density at radius 2 is 1.95 bits per heavy atom. The Labute approximate surface area is 140 Å². The Bertz CT molecular complexity index is 722. The van der Waals surface area contributed by atoms with Crippen molar-refractivity contribution < 1.29 is 14.3 Å². The minimum absolute atomic E-state index is 0.232. The van der Waals surface area contributed by atoms with Gasteiger partial charge in [0.1, 0.15) is 0 Å². The molecule has 3 N–H and O–H groups in total. The van der Waals surface area contributed by atoms with E-state index in [0.29, 0.717) is 10.7 Å². The quantitative estimate of drug-likeness (QED) is 0.625. The highest BCUT2D eigenvalue weighted by atomic mass is 79.9.